The highest BCUT2D eigenvalue weighted by Crippen LogP contribution is 2.20. The molecule has 1 heterocycles. The SMILES string of the molecule is Cc1ccc(F)cc1OCc1cccnc1/C(N)=N/O. The minimum absolute atomic E-state index is 0.0971. The van der Waals surface area contributed by atoms with Crippen LogP contribution in [0.15, 0.2) is 41.7 Å². The van der Waals surface area contributed by atoms with Gasteiger partial charge in [-0.1, -0.05) is 17.3 Å². The molecule has 0 aliphatic heterocycles. The van der Waals surface area contributed by atoms with Crippen LogP contribution >= 0.6 is 0 Å². The van der Waals surface area contributed by atoms with Crippen molar-refractivity contribution < 1.29 is 14.3 Å². The van der Waals surface area contributed by atoms with Gasteiger partial charge in [-0.15, -0.1) is 0 Å². The summed E-state index contributed by atoms with van der Waals surface area (Å²) in [4.78, 5) is 4.03. The Labute approximate surface area is 115 Å². The average molecular weight is 275 g/mol. The second kappa shape index (κ2) is 6.01. The summed E-state index contributed by atoms with van der Waals surface area (Å²) in [5.74, 6) is -0.0204. The maximum Gasteiger partial charge on any atom is 0.189 e. The highest BCUT2D eigenvalue weighted by atomic mass is 19.1. The van der Waals surface area contributed by atoms with Crippen molar-refractivity contribution in [1.29, 1.82) is 0 Å². The minimum atomic E-state index is -0.367. The summed E-state index contributed by atoms with van der Waals surface area (Å²) in [6, 6.07) is 7.78. The van der Waals surface area contributed by atoms with E-state index in [1.807, 2.05) is 6.92 Å². The highest BCUT2D eigenvalue weighted by molar-refractivity contribution is 5.96. The van der Waals surface area contributed by atoms with Crippen molar-refractivity contribution in [2.45, 2.75) is 13.5 Å². The number of nitrogens with zero attached hydrogens (tertiary/aromatic N) is 2. The van der Waals surface area contributed by atoms with Crippen molar-refractivity contribution >= 4 is 5.84 Å². The van der Waals surface area contributed by atoms with Gasteiger partial charge >= 0.3 is 0 Å². The fourth-order valence-electron chi connectivity index (χ4n) is 1.72. The lowest BCUT2D eigenvalue weighted by Crippen LogP contribution is -2.18. The summed E-state index contributed by atoms with van der Waals surface area (Å²) < 4.78 is 18.7. The Morgan fingerprint density at radius 3 is 3.00 bits per heavy atom. The molecule has 6 heteroatoms. The molecule has 3 N–H and O–H groups in total. The predicted octanol–water partition coefficient (Wildman–Crippen LogP) is 2.20. The molecule has 104 valence electrons. The topological polar surface area (TPSA) is 80.7 Å². The van der Waals surface area contributed by atoms with Gasteiger partial charge in [-0.05, 0) is 24.6 Å². The largest absolute Gasteiger partial charge is 0.488 e. The first-order valence-electron chi connectivity index (χ1n) is 5.92. The predicted molar refractivity (Wildman–Crippen MR) is 72.2 cm³/mol. The molecule has 2 rings (SSSR count). The number of ether oxygens (including phenoxy) is 1. The zero-order chi connectivity index (χ0) is 14.5. The summed E-state index contributed by atoms with van der Waals surface area (Å²) in [5, 5.41) is 11.6. The Bertz CT molecular complexity index is 644. The van der Waals surface area contributed by atoms with Crippen LogP contribution in [-0.2, 0) is 6.61 Å². The number of amidine groups is 1. The first kappa shape index (κ1) is 13.8. The van der Waals surface area contributed by atoms with E-state index in [-0.39, 0.29) is 18.3 Å². The van der Waals surface area contributed by atoms with Crippen molar-refractivity contribution in [3.63, 3.8) is 0 Å². The molecule has 0 amide bonds. The van der Waals surface area contributed by atoms with Gasteiger partial charge in [0.2, 0.25) is 0 Å². The first-order chi connectivity index (χ1) is 9.61. The van der Waals surface area contributed by atoms with E-state index in [1.54, 1.807) is 18.2 Å². The zero-order valence-corrected chi connectivity index (χ0v) is 10.9. The lowest BCUT2D eigenvalue weighted by molar-refractivity contribution is 0.301. The number of aryl methyl sites for hydroxylation is 1. The van der Waals surface area contributed by atoms with Crippen molar-refractivity contribution in [1.82, 2.24) is 4.98 Å². The van der Waals surface area contributed by atoms with Gasteiger partial charge in [0.25, 0.3) is 0 Å². The number of hydrogen-bond acceptors (Lipinski definition) is 4. The maximum absolute atomic E-state index is 13.2. The molecule has 2 aromatic rings. The van der Waals surface area contributed by atoms with Crippen LogP contribution in [0.25, 0.3) is 0 Å². The molecule has 20 heavy (non-hydrogen) atoms. The molecule has 0 spiro atoms. The van der Waals surface area contributed by atoms with Crippen molar-refractivity contribution in [2.75, 3.05) is 0 Å². The summed E-state index contributed by atoms with van der Waals surface area (Å²) in [6.07, 6.45) is 1.53. The van der Waals surface area contributed by atoms with E-state index in [0.717, 1.165) is 5.56 Å². The van der Waals surface area contributed by atoms with Crippen LogP contribution in [-0.4, -0.2) is 16.0 Å². The molecular formula is C14H14FN3O2. The molecule has 0 fully saturated rings. The van der Waals surface area contributed by atoms with Gasteiger partial charge in [-0.3, -0.25) is 4.98 Å². The molecule has 0 saturated heterocycles. The van der Waals surface area contributed by atoms with E-state index >= 15 is 0 Å². The molecule has 0 aliphatic carbocycles. The Morgan fingerprint density at radius 2 is 2.25 bits per heavy atom. The van der Waals surface area contributed by atoms with Gasteiger partial charge in [-0.25, -0.2) is 4.39 Å². The maximum atomic E-state index is 13.2. The average Bonchev–Trinajstić information content (AvgIpc) is 2.47. The van der Waals surface area contributed by atoms with Gasteiger partial charge in [0.15, 0.2) is 5.84 Å². The van der Waals surface area contributed by atoms with Crippen LogP contribution in [0, 0.1) is 12.7 Å². The number of halogens is 1. The normalized spacial score (nSPS) is 11.4. The molecule has 0 bridgehead atoms. The number of pyridine rings is 1. The number of nitrogens with two attached hydrogens (primary N) is 1. The smallest absolute Gasteiger partial charge is 0.189 e. The molecular weight excluding hydrogens is 261 g/mol. The molecule has 0 aliphatic rings. The Hall–Kier alpha value is -2.63. The van der Waals surface area contributed by atoms with Crippen LogP contribution in [0.2, 0.25) is 0 Å². The molecule has 1 aromatic carbocycles. The van der Waals surface area contributed by atoms with E-state index in [1.165, 1.54) is 18.3 Å². The number of oxime groups is 1. The van der Waals surface area contributed by atoms with Gasteiger partial charge < -0.3 is 15.7 Å². The lowest BCUT2D eigenvalue weighted by atomic mass is 10.2. The standard InChI is InChI=1S/C14H14FN3O2/c1-9-4-5-11(15)7-12(9)20-8-10-3-2-6-17-13(10)14(16)18-19/h2-7,19H,8H2,1H3,(H2,16,18). The molecule has 1 aromatic heterocycles. The fourth-order valence-corrected chi connectivity index (χ4v) is 1.72. The van der Waals surface area contributed by atoms with Gasteiger partial charge in [0.1, 0.15) is 23.9 Å². The summed E-state index contributed by atoms with van der Waals surface area (Å²) >= 11 is 0. The fraction of sp³-hybridized carbons (Fsp3) is 0.143. The summed E-state index contributed by atoms with van der Waals surface area (Å²) in [6.45, 7) is 1.96. The van der Waals surface area contributed by atoms with E-state index < -0.39 is 0 Å². The zero-order valence-electron chi connectivity index (χ0n) is 10.9. The minimum Gasteiger partial charge on any atom is -0.488 e. The summed E-state index contributed by atoms with van der Waals surface area (Å²) in [7, 11) is 0. The molecule has 5 nitrogen and oxygen atoms in total. The van der Waals surface area contributed by atoms with Gasteiger partial charge in [0, 0.05) is 17.8 Å². The van der Waals surface area contributed by atoms with Crippen molar-refractivity contribution in [2.24, 2.45) is 10.9 Å². The Morgan fingerprint density at radius 1 is 1.45 bits per heavy atom. The van der Waals surface area contributed by atoms with Crippen LogP contribution in [0.1, 0.15) is 16.8 Å². The number of aromatic nitrogens is 1. The Kier molecular flexibility index (Phi) is 4.14. The third-order valence-electron chi connectivity index (χ3n) is 2.77. The third kappa shape index (κ3) is 3.03. The highest BCUT2D eigenvalue weighted by Gasteiger charge is 2.09. The summed E-state index contributed by atoms with van der Waals surface area (Å²) in [5.41, 5.74) is 7.34. The van der Waals surface area contributed by atoms with E-state index in [0.29, 0.717) is 17.0 Å². The molecule has 0 radical (unpaired) electrons. The quantitative estimate of drug-likeness (QED) is 0.388. The van der Waals surface area contributed by atoms with Crippen molar-refractivity contribution in [3.05, 3.63) is 59.2 Å². The monoisotopic (exact) mass is 275 g/mol. The number of hydrogen-bond donors (Lipinski definition) is 2. The van der Waals surface area contributed by atoms with E-state index in [9.17, 15) is 4.39 Å². The van der Waals surface area contributed by atoms with E-state index in [2.05, 4.69) is 10.1 Å². The van der Waals surface area contributed by atoms with Crippen LogP contribution in [0.5, 0.6) is 5.75 Å². The number of rotatable bonds is 4. The molecule has 0 saturated carbocycles. The number of benzene rings is 1. The second-order valence-corrected chi connectivity index (χ2v) is 4.19. The lowest BCUT2D eigenvalue weighted by Gasteiger charge is -2.11. The van der Waals surface area contributed by atoms with Gasteiger partial charge in [-0.2, -0.15) is 0 Å². The van der Waals surface area contributed by atoms with E-state index in [4.69, 9.17) is 15.7 Å². The molecule has 0 atom stereocenters. The second-order valence-electron chi connectivity index (χ2n) is 4.19. The molecule has 0 unspecified atom stereocenters. The third-order valence-corrected chi connectivity index (χ3v) is 2.77. The first-order valence-corrected chi connectivity index (χ1v) is 5.92. The Balaban J connectivity index is 2.21. The van der Waals surface area contributed by atoms with Crippen LogP contribution in [0.3, 0.4) is 0 Å². The van der Waals surface area contributed by atoms with Crippen LogP contribution < -0.4 is 10.5 Å². The van der Waals surface area contributed by atoms with Crippen molar-refractivity contribution in [3.8, 4) is 5.75 Å². The van der Waals surface area contributed by atoms with Gasteiger partial charge in [0.05, 0.1) is 0 Å². The van der Waals surface area contributed by atoms with Crippen LogP contribution in [0.4, 0.5) is 4.39 Å².